The molecule has 0 rings (SSSR count). The van der Waals surface area contributed by atoms with Crippen LogP contribution in [0.5, 0.6) is 0 Å². The van der Waals surface area contributed by atoms with Crippen molar-refractivity contribution in [3.05, 3.63) is 0 Å². The first-order chi connectivity index (χ1) is 19.7. The molecule has 0 aliphatic carbocycles. The number of ether oxygens (including phenoxy) is 1. The molecule has 0 spiro atoms. The first-order valence-corrected chi connectivity index (χ1v) is 18.1. The van der Waals surface area contributed by atoms with Gasteiger partial charge in [0.05, 0.1) is 6.61 Å². The van der Waals surface area contributed by atoms with Crippen molar-refractivity contribution in [1.29, 1.82) is 0 Å². The van der Waals surface area contributed by atoms with Crippen LogP contribution in [0.4, 0.5) is 0 Å². The fourth-order valence-corrected chi connectivity index (χ4v) is 5.60. The van der Waals surface area contributed by atoms with Crippen molar-refractivity contribution >= 4 is 11.9 Å². The lowest BCUT2D eigenvalue weighted by Crippen LogP contribution is -2.09. The molecule has 0 saturated heterocycles. The van der Waals surface area contributed by atoms with E-state index >= 15 is 0 Å². The minimum Gasteiger partial charge on any atom is -0.466 e. The normalized spacial score (nSPS) is 11.2. The Morgan fingerprint density at radius 2 is 0.675 bits per heavy atom. The van der Waals surface area contributed by atoms with E-state index in [2.05, 4.69) is 6.92 Å². The number of esters is 1. The van der Waals surface area contributed by atoms with Gasteiger partial charge in [-0.1, -0.05) is 180 Å². The van der Waals surface area contributed by atoms with Crippen LogP contribution in [0.3, 0.4) is 0 Å². The van der Waals surface area contributed by atoms with Gasteiger partial charge in [-0.15, -0.1) is 0 Å². The van der Waals surface area contributed by atoms with Gasteiger partial charge in [0.25, 0.3) is 0 Å². The van der Waals surface area contributed by atoms with Crippen LogP contribution in [-0.2, 0) is 14.3 Å². The average Bonchev–Trinajstić information content (AvgIpc) is 2.94. The molecule has 0 fully saturated rings. The largest absolute Gasteiger partial charge is 0.466 e. The smallest absolute Gasteiger partial charge is 0.305 e. The van der Waals surface area contributed by atoms with E-state index in [9.17, 15) is 9.59 Å². The van der Waals surface area contributed by atoms with Crippen molar-refractivity contribution in [2.24, 2.45) is 5.73 Å². The van der Waals surface area contributed by atoms with Gasteiger partial charge >= 0.3 is 5.97 Å². The Morgan fingerprint density at radius 1 is 0.400 bits per heavy atom. The number of hydrogen-bond acceptors (Lipinski definition) is 3. The number of amides is 1. The molecule has 2 N–H and O–H groups in total. The Labute approximate surface area is 250 Å². The maximum Gasteiger partial charge on any atom is 0.305 e. The second-order valence-electron chi connectivity index (χ2n) is 12.4. The number of unbranched alkanes of at least 4 members (excludes halogenated alkanes) is 28. The maximum absolute atomic E-state index is 11.9. The van der Waals surface area contributed by atoms with Gasteiger partial charge in [-0.3, -0.25) is 9.59 Å². The van der Waals surface area contributed by atoms with Gasteiger partial charge < -0.3 is 10.5 Å². The molecule has 0 unspecified atom stereocenters. The first-order valence-electron chi connectivity index (χ1n) is 18.1. The van der Waals surface area contributed by atoms with Gasteiger partial charge in [0.1, 0.15) is 0 Å². The molecule has 40 heavy (non-hydrogen) atoms. The molecule has 0 atom stereocenters. The van der Waals surface area contributed by atoms with Gasteiger partial charge in [-0.25, -0.2) is 0 Å². The van der Waals surface area contributed by atoms with E-state index in [-0.39, 0.29) is 11.9 Å². The molecule has 0 aliphatic heterocycles. The third-order valence-corrected chi connectivity index (χ3v) is 8.32. The predicted octanol–water partition coefficient (Wildman–Crippen LogP) is 11.5. The predicted molar refractivity (Wildman–Crippen MR) is 174 cm³/mol. The van der Waals surface area contributed by atoms with E-state index in [1.807, 2.05) is 0 Å². The highest BCUT2D eigenvalue weighted by Gasteiger charge is 2.03. The zero-order chi connectivity index (χ0) is 29.2. The summed E-state index contributed by atoms with van der Waals surface area (Å²) in [6.07, 6.45) is 40.4. The fourth-order valence-electron chi connectivity index (χ4n) is 5.60. The van der Waals surface area contributed by atoms with Crippen LogP contribution >= 0.6 is 0 Å². The topological polar surface area (TPSA) is 69.4 Å². The maximum atomic E-state index is 11.9. The van der Waals surface area contributed by atoms with Crippen molar-refractivity contribution in [2.75, 3.05) is 6.61 Å². The molecular formula is C36H71NO3. The molecule has 4 nitrogen and oxygen atoms in total. The molecular weight excluding hydrogens is 494 g/mol. The first kappa shape index (κ1) is 38.9. The van der Waals surface area contributed by atoms with Gasteiger partial charge in [0.2, 0.25) is 5.91 Å². The number of rotatable bonds is 34. The Kier molecular flexibility index (Phi) is 33.2. The minimum atomic E-state index is -0.168. The van der Waals surface area contributed by atoms with E-state index in [0.717, 1.165) is 32.1 Å². The summed E-state index contributed by atoms with van der Waals surface area (Å²) < 4.78 is 5.43. The summed E-state index contributed by atoms with van der Waals surface area (Å²) in [4.78, 5) is 22.6. The summed E-state index contributed by atoms with van der Waals surface area (Å²) in [6.45, 7) is 2.90. The number of nitrogens with two attached hydrogens (primary N) is 1. The molecule has 0 saturated carbocycles. The molecule has 238 valence electrons. The lowest BCUT2D eigenvalue weighted by Gasteiger charge is -2.06. The van der Waals surface area contributed by atoms with Crippen LogP contribution < -0.4 is 5.73 Å². The fraction of sp³-hybridized carbons (Fsp3) is 0.944. The lowest BCUT2D eigenvalue weighted by molar-refractivity contribution is -0.143. The van der Waals surface area contributed by atoms with E-state index in [4.69, 9.17) is 10.5 Å². The summed E-state index contributed by atoms with van der Waals surface area (Å²) in [6, 6.07) is 0. The zero-order valence-corrected chi connectivity index (χ0v) is 27.1. The second-order valence-corrected chi connectivity index (χ2v) is 12.4. The van der Waals surface area contributed by atoms with E-state index in [1.54, 1.807) is 0 Å². The number of carbonyl (C=O) groups is 2. The average molecular weight is 566 g/mol. The Bertz CT molecular complexity index is 522. The summed E-state index contributed by atoms with van der Waals surface area (Å²) in [5.41, 5.74) is 5.16. The monoisotopic (exact) mass is 566 g/mol. The number of carbonyl (C=O) groups excluding carboxylic acids is 2. The molecule has 0 heterocycles. The van der Waals surface area contributed by atoms with E-state index in [0.29, 0.717) is 19.4 Å². The van der Waals surface area contributed by atoms with Crippen LogP contribution in [0.25, 0.3) is 0 Å². The third-order valence-electron chi connectivity index (χ3n) is 8.32. The molecule has 1 amide bonds. The van der Waals surface area contributed by atoms with Crippen LogP contribution in [0.2, 0.25) is 0 Å². The lowest BCUT2D eigenvalue weighted by atomic mass is 10.0. The zero-order valence-electron chi connectivity index (χ0n) is 27.1. The summed E-state index contributed by atoms with van der Waals surface area (Å²) in [5, 5.41) is 0. The van der Waals surface area contributed by atoms with Gasteiger partial charge in [0, 0.05) is 12.8 Å². The van der Waals surface area contributed by atoms with Crippen molar-refractivity contribution < 1.29 is 14.3 Å². The highest BCUT2D eigenvalue weighted by molar-refractivity contribution is 5.73. The molecule has 0 aliphatic rings. The molecule has 0 aromatic carbocycles. The van der Waals surface area contributed by atoms with E-state index in [1.165, 1.54) is 161 Å². The molecule has 0 aromatic rings. The SMILES string of the molecule is CCCCCCCCCCCCCCCCCCOC(=O)CCCCCCCCCCCCCCCCC(N)=O. The summed E-state index contributed by atoms with van der Waals surface area (Å²) in [7, 11) is 0. The minimum absolute atomic E-state index is 0.00817. The Morgan fingerprint density at radius 3 is 1.00 bits per heavy atom. The van der Waals surface area contributed by atoms with Crippen molar-refractivity contribution in [1.82, 2.24) is 0 Å². The van der Waals surface area contributed by atoms with Crippen LogP contribution in [0.15, 0.2) is 0 Å². The van der Waals surface area contributed by atoms with E-state index < -0.39 is 0 Å². The summed E-state index contributed by atoms with van der Waals surface area (Å²) >= 11 is 0. The summed E-state index contributed by atoms with van der Waals surface area (Å²) in [5.74, 6) is -0.160. The van der Waals surface area contributed by atoms with Crippen LogP contribution in [0, 0.1) is 0 Å². The van der Waals surface area contributed by atoms with Crippen LogP contribution in [-0.4, -0.2) is 18.5 Å². The number of hydrogen-bond donors (Lipinski definition) is 1. The van der Waals surface area contributed by atoms with Crippen molar-refractivity contribution in [3.63, 3.8) is 0 Å². The Hall–Kier alpha value is -1.06. The van der Waals surface area contributed by atoms with Gasteiger partial charge in [0.15, 0.2) is 0 Å². The van der Waals surface area contributed by atoms with Gasteiger partial charge in [-0.05, 0) is 19.3 Å². The Balaban J connectivity index is 3.15. The number of primary amides is 1. The third kappa shape index (κ3) is 35.0. The van der Waals surface area contributed by atoms with Crippen molar-refractivity contribution in [2.45, 2.75) is 212 Å². The molecule has 0 aromatic heterocycles. The quantitative estimate of drug-likeness (QED) is 0.0623. The second kappa shape index (κ2) is 34.1. The molecule has 4 heteroatoms. The molecule has 0 bridgehead atoms. The molecule has 0 radical (unpaired) electrons. The standard InChI is InChI=1S/C36H71NO3/c1-2-3-4-5-6-7-8-9-10-13-16-19-22-25-28-31-34-40-36(39)33-30-27-24-21-18-15-12-11-14-17-20-23-26-29-32-35(37)38/h2-34H2,1H3,(H2,37,38). The highest BCUT2D eigenvalue weighted by Crippen LogP contribution is 2.15. The highest BCUT2D eigenvalue weighted by atomic mass is 16.5. The van der Waals surface area contributed by atoms with Crippen LogP contribution in [0.1, 0.15) is 212 Å². The van der Waals surface area contributed by atoms with Crippen molar-refractivity contribution in [3.8, 4) is 0 Å². The van der Waals surface area contributed by atoms with Gasteiger partial charge in [-0.2, -0.15) is 0 Å².